The topological polar surface area (TPSA) is 76.0 Å². The molecule has 0 atom stereocenters. The predicted octanol–water partition coefficient (Wildman–Crippen LogP) is 1.70. The van der Waals surface area contributed by atoms with Crippen molar-refractivity contribution in [1.29, 1.82) is 0 Å². The molecule has 1 aliphatic rings. The number of nitrogens with zero attached hydrogens (tertiary/aromatic N) is 2. The van der Waals surface area contributed by atoms with Crippen LogP contribution in [-0.4, -0.2) is 27.6 Å². The van der Waals surface area contributed by atoms with Crippen LogP contribution in [0.5, 0.6) is 0 Å². The number of hydrogen-bond acceptors (Lipinski definition) is 3. The van der Waals surface area contributed by atoms with Crippen LogP contribution < -0.4 is 10.6 Å². The summed E-state index contributed by atoms with van der Waals surface area (Å²) in [5, 5.41) is 9.67. The van der Waals surface area contributed by atoms with Gasteiger partial charge in [-0.2, -0.15) is 5.10 Å². The van der Waals surface area contributed by atoms with Gasteiger partial charge in [-0.1, -0.05) is 26.8 Å². The second kappa shape index (κ2) is 6.11. The van der Waals surface area contributed by atoms with Gasteiger partial charge in [0.1, 0.15) is 6.54 Å². The molecule has 1 heterocycles. The number of rotatable bonds is 5. The highest BCUT2D eigenvalue weighted by atomic mass is 16.2. The van der Waals surface area contributed by atoms with Crippen molar-refractivity contribution in [2.75, 3.05) is 5.32 Å². The summed E-state index contributed by atoms with van der Waals surface area (Å²) in [5.41, 5.74) is 0.542. The number of carbonyl (C=O) groups is 2. The molecule has 1 aliphatic carbocycles. The maximum absolute atomic E-state index is 11.7. The number of aromatic nitrogens is 2. The van der Waals surface area contributed by atoms with Crippen molar-refractivity contribution in [1.82, 2.24) is 15.1 Å². The highest BCUT2D eigenvalue weighted by Gasteiger charge is 2.23. The number of nitrogens with one attached hydrogen (secondary N) is 2. The minimum atomic E-state index is -0.202. The SMILES string of the molecule is CC(C)(C)C=CC(=O)Nc1cnn(CC(=O)NC2CC2)c1. The monoisotopic (exact) mass is 290 g/mol. The molecule has 6 nitrogen and oxygen atoms in total. The van der Waals surface area contributed by atoms with Crippen LogP contribution in [0.3, 0.4) is 0 Å². The summed E-state index contributed by atoms with van der Waals surface area (Å²) < 4.78 is 1.51. The third-order valence-corrected chi connectivity index (χ3v) is 2.88. The van der Waals surface area contributed by atoms with E-state index in [2.05, 4.69) is 15.7 Å². The molecule has 114 valence electrons. The first-order chi connectivity index (χ1) is 9.82. The zero-order valence-corrected chi connectivity index (χ0v) is 12.7. The number of hydrogen-bond donors (Lipinski definition) is 2. The highest BCUT2D eigenvalue weighted by molar-refractivity contribution is 5.99. The second-order valence-electron chi connectivity index (χ2n) is 6.46. The summed E-state index contributed by atoms with van der Waals surface area (Å²) in [7, 11) is 0. The Kier molecular flexibility index (Phi) is 4.45. The first-order valence-corrected chi connectivity index (χ1v) is 7.14. The lowest BCUT2D eigenvalue weighted by atomic mass is 9.96. The van der Waals surface area contributed by atoms with Gasteiger partial charge in [0.05, 0.1) is 11.9 Å². The Morgan fingerprint density at radius 2 is 2.14 bits per heavy atom. The van der Waals surface area contributed by atoms with Crippen LogP contribution in [0.25, 0.3) is 0 Å². The Labute approximate surface area is 124 Å². The van der Waals surface area contributed by atoms with Crippen LogP contribution >= 0.6 is 0 Å². The average Bonchev–Trinajstić information content (AvgIpc) is 3.06. The van der Waals surface area contributed by atoms with Crippen LogP contribution in [-0.2, 0) is 16.1 Å². The molecule has 0 aliphatic heterocycles. The molecule has 2 N–H and O–H groups in total. The summed E-state index contributed by atoms with van der Waals surface area (Å²) in [4.78, 5) is 23.4. The van der Waals surface area contributed by atoms with E-state index >= 15 is 0 Å². The number of carbonyl (C=O) groups excluding carboxylic acids is 2. The van der Waals surface area contributed by atoms with Crippen LogP contribution in [0, 0.1) is 5.41 Å². The Bertz CT molecular complexity index is 550. The zero-order valence-electron chi connectivity index (χ0n) is 12.7. The van der Waals surface area contributed by atoms with Crippen molar-refractivity contribution in [2.24, 2.45) is 5.41 Å². The number of allylic oxidation sites excluding steroid dienone is 1. The molecular weight excluding hydrogens is 268 g/mol. The van der Waals surface area contributed by atoms with Gasteiger partial charge >= 0.3 is 0 Å². The van der Waals surface area contributed by atoms with Gasteiger partial charge in [0.15, 0.2) is 0 Å². The lowest BCUT2D eigenvalue weighted by Crippen LogP contribution is -2.29. The van der Waals surface area contributed by atoms with Crippen molar-refractivity contribution in [3.05, 3.63) is 24.5 Å². The first kappa shape index (κ1) is 15.3. The molecule has 1 aromatic rings. The average molecular weight is 290 g/mol. The Morgan fingerprint density at radius 1 is 1.43 bits per heavy atom. The third-order valence-electron chi connectivity index (χ3n) is 2.88. The quantitative estimate of drug-likeness (QED) is 0.810. The largest absolute Gasteiger partial charge is 0.352 e. The van der Waals surface area contributed by atoms with Gasteiger partial charge in [0.25, 0.3) is 0 Å². The summed E-state index contributed by atoms with van der Waals surface area (Å²) in [5.74, 6) is -0.252. The standard InChI is InChI=1S/C15H22N4O2/c1-15(2,3)7-6-13(20)18-12-8-16-19(9-12)10-14(21)17-11-4-5-11/h6-9,11H,4-5,10H2,1-3H3,(H,17,21)(H,18,20). The van der Waals surface area contributed by atoms with E-state index in [9.17, 15) is 9.59 Å². The number of amides is 2. The van der Waals surface area contributed by atoms with Gasteiger partial charge in [-0.3, -0.25) is 14.3 Å². The fraction of sp³-hybridized carbons (Fsp3) is 0.533. The van der Waals surface area contributed by atoms with E-state index < -0.39 is 0 Å². The molecule has 1 fully saturated rings. The van der Waals surface area contributed by atoms with Crippen LogP contribution in [0.4, 0.5) is 5.69 Å². The molecule has 1 aromatic heterocycles. The lowest BCUT2D eigenvalue weighted by molar-refractivity contribution is -0.122. The zero-order chi connectivity index (χ0) is 15.5. The Hall–Kier alpha value is -2.11. The van der Waals surface area contributed by atoms with E-state index in [0.717, 1.165) is 12.8 Å². The maximum atomic E-state index is 11.7. The van der Waals surface area contributed by atoms with E-state index in [4.69, 9.17) is 0 Å². The molecule has 0 saturated heterocycles. The van der Waals surface area contributed by atoms with Crippen molar-refractivity contribution >= 4 is 17.5 Å². The van der Waals surface area contributed by atoms with Crippen molar-refractivity contribution in [3.63, 3.8) is 0 Å². The van der Waals surface area contributed by atoms with Crippen molar-refractivity contribution < 1.29 is 9.59 Å². The smallest absolute Gasteiger partial charge is 0.248 e. The molecular formula is C15H22N4O2. The van der Waals surface area contributed by atoms with E-state index in [-0.39, 0.29) is 23.8 Å². The molecule has 2 rings (SSSR count). The highest BCUT2D eigenvalue weighted by Crippen LogP contribution is 2.18. The normalized spacial score (nSPS) is 15.2. The molecule has 0 aromatic carbocycles. The first-order valence-electron chi connectivity index (χ1n) is 7.14. The second-order valence-corrected chi connectivity index (χ2v) is 6.46. The molecule has 2 amide bonds. The third kappa shape index (κ3) is 5.81. The molecule has 0 spiro atoms. The lowest BCUT2D eigenvalue weighted by Gasteiger charge is -2.10. The van der Waals surface area contributed by atoms with Gasteiger partial charge in [-0.15, -0.1) is 0 Å². The van der Waals surface area contributed by atoms with Crippen LogP contribution in [0.2, 0.25) is 0 Å². The predicted molar refractivity (Wildman–Crippen MR) is 80.6 cm³/mol. The summed E-state index contributed by atoms with van der Waals surface area (Å²) >= 11 is 0. The number of anilines is 1. The van der Waals surface area contributed by atoms with Gasteiger partial charge in [0, 0.05) is 12.2 Å². The molecule has 6 heteroatoms. The summed E-state index contributed by atoms with van der Waals surface area (Å²) in [6.07, 6.45) is 8.66. The van der Waals surface area contributed by atoms with E-state index in [1.165, 1.54) is 17.0 Å². The summed E-state index contributed by atoms with van der Waals surface area (Å²) in [6, 6.07) is 0.342. The van der Waals surface area contributed by atoms with Crippen molar-refractivity contribution in [2.45, 2.75) is 46.2 Å². The molecule has 0 bridgehead atoms. The van der Waals surface area contributed by atoms with Gasteiger partial charge in [-0.25, -0.2) is 0 Å². The van der Waals surface area contributed by atoms with Crippen molar-refractivity contribution in [3.8, 4) is 0 Å². The minimum Gasteiger partial charge on any atom is -0.352 e. The minimum absolute atomic E-state index is 0.0393. The van der Waals surface area contributed by atoms with Gasteiger partial charge in [0.2, 0.25) is 11.8 Å². The van der Waals surface area contributed by atoms with E-state index in [0.29, 0.717) is 11.7 Å². The summed E-state index contributed by atoms with van der Waals surface area (Å²) in [6.45, 7) is 6.23. The van der Waals surface area contributed by atoms with E-state index in [1.54, 1.807) is 6.20 Å². The Balaban J connectivity index is 1.83. The fourth-order valence-electron chi connectivity index (χ4n) is 1.67. The van der Waals surface area contributed by atoms with Gasteiger partial charge < -0.3 is 10.6 Å². The van der Waals surface area contributed by atoms with Crippen LogP contribution in [0.15, 0.2) is 24.5 Å². The molecule has 1 saturated carbocycles. The fourth-order valence-corrected chi connectivity index (χ4v) is 1.67. The molecule has 0 unspecified atom stereocenters. The molecule has 21 heavy (non-hydrogen) atoms. The van der Waals surface area contributed by atoms with Gasteiger partial charge in [-0.05, 0) is 24.3 Å². The maximum Gasteiger partial charge on any atom is 0.248 e. The van der Waals surface area contributed by atoms with E-state index in [1.807, 2.05) is 26.8 Å². The van der Waals surface area contributed by atoms with Crippen LogP contribution in [0.1, 0.15) is 33.6 Å². The Morgan fingerprint density at radius 3 is 2.76 bits per heavy atom. The molecule has 0 radical (unpaired) electrons.